The molecule has 2 aliphatic heterocycles. The van der Waals surface area contributed by atoms with Gasteiger partial charge in [0.15, 0.2) is 5.82 Å². The Kier molecular flexibility index (Phi) is 6.67. The van der Waals surface area contributed by atoms with Crippen LogP contribution in [0.4, 0.5) is 27.3 Å². The van der Waals surface area contributed by atoms with Crippen molar-refractivity contribution in [2.75, 3.05) is 30.3 Å². The lowest BCUT2D eigenvalue weighted by molar-refractivity contribution is -0.136. The highest BCUT2D eigenvalue weighted by Crippen LogP contribution is 2.35. The first-order valence-electron chi connectivity index (χ1n) is 12.0. The zero-order valence-electron chi connectivity index (χ0n) is 19.9. The van der Waals surface area contributed by atoms with E-state index < -0.39 is 0 Å². The van der Waals surface area contributed by atoms with Gasteiger partial charge in [-0.2, -0.15) is 5.10 Å². The Morgan fingerprint density at radius 3 is 2.51 bits per heavy atom. The Morgan fingerprint density at radius 2 is 1.86 bits per heavy atom. The molecule has 7 nitrogen and oxygen atoms in total. The lowest BCUT2D eigenvalue weighted by Gasteiger charge is -2.37. The average Bonchev–Trinajstić information content (AvgIpc) is 3.21. The number of likely N-dealkylation sites (tertiary alicyclic amines) is 1. The fourth-order valence-electron chi connectivity index (χ4n) is 4.84. The number of benzene rings is 2. The molecule has 2 fully saturated rings. The molecule has 3 aromatic rings. The van der Waals surface area contributed by atoms with E-state index in [1.54, 1.807) is 12.1 Å². The van der Waals surface area contributed by atoms with Crippen LogP contribution in [0.3, 0.4) is 0 Å². The smallest absolute Gasteiger partial charge is 0.239 e. The molecule has 5 rings (SSSR count). The van der Waals surface area contributed by atoms with Gasteiger partial charge in [-0.25, -0.2) is 4.39 Å². The Hall–Kier alpha value is -3.10. The number of anilines is 4. The van der Waals surface area contributed by atoms with Gasteiger partial charge in [0, 0.05) is 30.5 Å². The molecule has 0 radical (unpaired) electrons. The summed E-state index contributed by atoms with van der Waals surface area (Å²) < 4.78 is 15.2. The summed E-state index contributed by atoms with van der Waals surface area (Å²) in [7, 11) is 0. The predicted molar refractivity (Wildman–Crippen MR) is 137 cm³/mol. The highest BCUT2D eigenvalue weighted by atomic mass is 35.5. The van der Waals surface area contributed by atoms with Crippen LogP contribution in [0.15, 0.2) is 36.4 Å². The van der Waals surface area contributed by atoms with Gasteiger partial charge in [0.1, 0.15) is 5.82 Å². The minimum absolute atomic E-state index is 0.0110. The summed E-state index contributed by atoms with van der Waals surface area (Å²) in [5.74, 6) is 0.816. The maximum absolute atomic E-state index is 15.2. The van der Waals surface area contributed by atoms with E-state index in [2.05, 4.69) is 26.1 Å². The van der Waals surface area contributed by atoms with Crippen LogP contribution in [-0.4, -0.2) is 46.7 Å². The van der Waals surface area contributed by atoms with Gasteiger partial charge in [-0.05, 0) is 87.0 Å². The van der Waals surface area contributed by atoms with E-state index in [9.17, 15) is 4.79 Å². The fraction of sp³-hybridized carbons (Fsp3) is 0.385. The summed E-state index contributed by atoms with van der Waals surface area (Å²) in [5, 5.41) is 17.2. The fourth-order valence-corrected chi connectivity index (χ4v) is 5.00. The third kappa shape index (κ3) is 5.13. The maximum Gasteiger partial charge on any atom is 0.239 e. The third-order valence-corrected chi connectivity index (χ3v) is 7.27. The third-order valence-electron chi connectivity index (χ3n) is 6.94. The van der Waals surface area contributed by atoms with Crippen LogP contribution in [-0.2, 0) is 4.79 Å². The molecular weight excluding hydrogens is 467 g/mol. The minimum atomic E-state index is -0.296. The first-order valence-corrected chi connectivity index (χ1v) is 12.4. The summed E-state index contributed by atoms with van der Waals surface area (Å²) in [6.07, 6.45) is 2.63. The number of halogens is 2. The van der Waals surface area contributed by atoms with E-state index >= 15 is 4.39 Å². The number of carbonyl (C=O) groups is 1. The lowest BCUT2D eigenvalue weighted by Crippen LogP contribution is -2.55. The number of rotatable bonds is 6. The van der Waals surface area contributed by atoms with Gasteiger partial charge in [-0.3, -0.25) is 9.89 Å². The van der Waals surface area contributed by atoms with E-state index in [1.807, 2.05) is 43.0 Å². The first kappa shape index (κ1) is 23.6. The molecule has 0 spiro atoms. The van der Waals surface area contributed by atoms with Crippen LogP contribution in [0.1, 0.15) is 42.0 Å². The highest BCUT2D eigenvalue weighted by Gasteiger charge is 2.32. The molecule has 0 aliphatic carbocycles. The Labute approximate surface area is 209 Å². The standard InChI is InChI=1S/C26H30ClFN6O/c1-15-11-24(30-18-3-4-20(27)23(13-18)31-25-12-16(2)32-33-25)21(28)14-19(15)17-6-9-34(10-7-17)26(35)22-5-8-29-22/h3-4,11-14,17,22,29-30H,5-10H2,1-2H3,(H2,31,32,33)/t22-/m0/s1. The molecule has 0 bridgehead atoms. The Bertz CT molecular complexity index is 1230. The van der Waals surface area contributed by atoms with Crippen molar-refractivity contribution in [2.24, 2.45) is 0 Å². The second kappa shape index (κ2) is 9.87. The molecular formula is C26H30ClFN6O. The van der Waals surface area contributed by atoms with Crippen molar-refractivity contribution in [1.29, 1.82) is 0 Å². The highest BCUT2D eigenvalue weighted by molar-refractivity contribution is 6.33. The van der Waals surface area contributed by atoms with Crippen molar-refractivity contribution in [3.8, 4) is 0 Å². The van der Waals surface area contributed by atoms with E-state index in [-0.39, 0.29) is 23.7 Å². The molecule has 3 heterocycles. The number of nitrogens with zero attached hydrogens (tertiary/aromatic N) is 2. The minimum Gasteiger partial charge on any atom is -0.353 e. The van der Waals surface area contributed by atoms with Crippen LogP contribution in [0.5, 0.6) is 0 Å². The molecule has 2 aliphatic rings. The number of aromatic nitrogens is 2. The number of H-pyrrole nitrogens is 1. The van der Waals surface area contributed by atoms with Crippen LogP contribution in [0.25, 0.3) is 0 Å². The number of hydrogen-bond donors (Lipinski definition) is 4. The van der Waals surface area contributed by atoms with Crippen molar-refractivity contribution in [1.82, 2.24) is 20.4 Å². The Balaban J connectivity index is 1.27. The quantitative estimate of drug-likeness (QED) is 0.368. The number of aromatic amines is 1. The van der Waals surface area contributed by atoms with Crippen LogP contribution < -0.4 is 16.0 Å². The summed E-state index contributed by atoms with van der Waals surface area (Å²) in [4.78, 5) is 14.4. The van der Waals surface area contributed by atoms with Crippen LogP contribution in [0.2, 0.25) is 5.02 Å². The largest absolute Gasteiger partial charge is 0.353 e. The molecule has 1 atom stereocenters. The molecule has 9 heteroatoms. The molecule has 4 N–H and O–H groups in total. The number of amides is 1. The SMILES string of the molecule is Cc1cc(Nc2cc(Nc3cc(C)c(C4CCN(C(=O)[C@@H]5CCN5)CC4)cc3F)ccc2Cl)n[nH]1. The monoisotopic (exact) mass is 496 g/mol. The predicted octanol–water partition coefficient (Wildman–Crippen LogP) is 5.37. The molecule has 0 unspecified atom stereocenters. The number of aryl methyl sites for hydroxylation is 2. The summed E-state index contributed by atoms with van der Waals surface area (Å²) in [6.45, 7) is 6.30. The second-order valence-electron chi connectivity index (χ2n) is 9.46. The molecule has 1 amide bonds. The second-order valence-corrected chi connectivity index (χ2v) is 9.87. The Morgan fingerprint density at radius 1 is 1.09 bits per heavy atom. The van der Waals surface area contributed by atoms with Gasteiger partial charge >= 0.3 is 0 Å². The van der Waals surface area contributed by atoms with Gasteiger partial charge < -0.3 is 20.9 Å². The van der Waals surface area contributed by atoms with Crippen molar-refractivity contribution >= 4 is 40.4 Å². The molecule has 1 aromatic heterocycles. The molecule has 2 saturated heterocycles. The van der Waals surface area contributed by atoms with E-state index in [0.717, 1.165) is 55.7 Å². The van der Waals surface area contributed by atoms with Crippen molar-refractivity contribution in [3.63, 3.8) is 0 Å². The zero-order chi connectivity index (χ0) is 24.5. The molecule has 35 heavy (non-hydrogen) atoms. The lowest BCUT2D eigenvalue weighted by atomic mass is 9.86. The summed E-state index contributed by atoms with van der Waals surface area (Å²) in [5.41, 5.74) is 4.80. The maximum atomic E-state index is 15.2. The van der Waals surface area contributed by atoms with E-state index in [4.69, 9.17) is 11.6 Å². The van der Waals surface area contributed by atoms with Crippen molar-refractivity contribution in [3.05, 3.63) is 64.1 Å². The molecule has 184 valence electrons. The van der Waals surface area contributed by atoms with Gasteiger partial charge in [-0.1, -0.05) is 11.6 Å². The number of carbonyl (C=O) groups excluding carboxylic acids is 1. The van der Waals surface area contributed by atoms with E-state index in [0.29, 0.717) is 27.9 Å². The number of hydrogen-bond acceptors (Lipinski definition) is 5. The zero-order valence-corrected chi connectivity index (χ0v) is 20.7. The van der Waals surface area contributed by atoms with Gasteiger partial charge in [0.05, 0.1) is 22.4 Å². The number of piperidine rings is 1. The van der Waals surface area contributed by atoms with Crippen molar-refractivity contribution in [2.45, 2.75) is 45.1 Å². The van der Waals surface area contributed by atoms with Crippen molar-refractivity contribution < 1.29 is 9.18 Å². The van der Waals surface area contributed by atoms with Gasteiger partial charge in [-0.15, -0.1) is 0 Å². The van der Waals surface area contributed by atoms with Gasteiger partial charge in [0.25, 0.3) is 0 Å². The van der Waals surface area contributed by atoms with Crippen LogP contribution in [0, 0.1) is 19.7 Å². The first-order chi connectivity index (χ1) is 16.9. The van der Waals surface area contributed by atoms with E-state index in [1.165, 1.54) is 0 Å². The molecule has 2 aromatic carbocycles. The normalized spacial score (nSPS) is 18.3. The molecule has 0 saturated carbocycles. The topological polar surface area (TPSA) is 85.1 Å². The summed E-state index contributed by atoms with van der Waals surface area (Å²) in [6, 6.07) is 10.8. The number of nitrogens with one attached hydrogen (secondary N) is 4. The van der Waals surface area contributed by atoms with Crippen LogP contribution >= 0.6 is 11.6 Å². The summed E-state index contributed by atoms with van der Waals surface area (Å²) >= 11 is 6.35. The average molecular weight is 497 g/mol. The van der Waals surface area contributed by atoms with Gasteiger partial charge in [0.2, 0.25) is 5.91 Å².